The van der Waals surface area contributed by atoms with Crippen molar-refractivity contribution >= 4 is 52.3 Å². The van der Waals surface area contributed by atoms with Crippen LogP contribution in [0.1, 0.15) is 54.1 Å². The first-order chi connectivity index (χ1) is 13.2. The highest BCUT2D eigenvalue weighted by Gasteiger charge is 2.49. The Balaban J connectivity index is 1.84. The highest BCUT2D eigenvalue weighted by atomic mass is 35.5. The van der Waals surface area contributed by atoms with Crippen LogP contribution in [0, 0.1) is 11.3 Å². The van der Waals surface area contributed by atoms with E-state index in [2.05, 4.69) is 0 Å². The molecule has 6 nitrogen and oxygen atoms in total. The molecule has 1 aromatic rings. The van der Waals surface area contributed by atoms with Gasteiger partial charge in [-0.15, -0.1) is 0 Å². The molecule has 1 aliphatic heterocycles. The summed E-state index contributed by atoms with van der Waals surface area (Å²) in [6.45, 7) is 1.93. The summed E-state index contributed by atoms with van der Waals surface area (Å²) in [7, 11) is 0. The van der Waals surface area contributed by atoms with Gasteiger partial charge in [0.1, 0.15) is 11.3 Å². The van der Waals surface area contributed by atoms with E-state index in [4.69, 9.17) is 23.2 Å². The summed E-state index contributed by atoms with van der Waals surface area (Å²) >= 11 is 12.7. The fourth-order valence-corrected chi connectivity index (χ4v) is 5.23. The lowest BCUT2D eigenvalue weighted by molar-refractivity contribution is -0.134. The van der Waals surface area contributed by atoms with E-state index in [0.29, 0.717) is 17.5 Å². The third-order valence-electron chi connectivity index (χ3n) is 6.23. The first-order valence-electron chi connectivity index (χ1n) is 9.06. The number of halogens is 2. The molecular formula is C20H17Cl2NO5. The molecule has 0 aromatic heterocycles. The maximum absolute atomic E-state index is 13.2. The van der Waals surface area contributed by atoms with Crippen LogP contribution in [0.15, 0.2) is 11.6 Å². The Hall–Kier alpha value is -2.18. The van der Waals surface area contributed by atoms with E-state index in [1.165, 1.54) is 6.07 Å². The first kappa shape index (κ1) is 19.2. The quantitative estimate of drug-likeness (QED) is 0.250. The summed E-state index contributed by atoms with van der Waals surface area (Å²) in [4.78, 5) is 48.4. The highest BCUT2D eigenvalue weighted by molar-refractivity contribution is 6.58. The molecule has 0 radical (unpaired) electrons. The van der Waals surface area contributed by atoms with Gasteiger partial charge in [-0.05, 0) is 36.8 Å². The molecular weight excluding hydrogens is 405 g/mol. The van der Waals surface area contributed by atoms with E-state index in [1.807, 2.05) is 12.2 Å². The van der Waals surface area contributed by atoms with E-state index >= 15 is 0 Å². The minimum atomic E-state index is -1.14. The van der Waals surface area contributed by atoms with Crippen LogP contribution in [0.5, 0.6) is 0 Å². The fourth-order valence-electron chi connectivity index (χ4n) is 4.68. The number of fused-ring (bicyclic) bond motifs is 1. The van der Waals surface area contributed by atoms with Crippen molar-refractivity contribution in [1.82, 2.24) is 5.32 Å². The van der Waals surface area contributed by atoms with Gasteiger partial charge in [0.25, 0.3) is 17.6 Å². The van der Waals surface area contributed by atoms with Crippen LogP contribution in [0.3, 0.4) is 0 Å². The lowest BCUT2D eigenvalue weighted by atomic mass is 9.73. The van der Waals surface area contributed by atoms with Crippen LogP contribution in [0.4, 0.5) is 0 Å². The number of aliphatic hydroxyl groups excluding tert-OH is 1. The second-order valence-electron chi connectivity index (χ2n) is 7.83. The number of rotatable bonds is 2. The lowest BCUT2D eigenvalue weighted by Crippen LogP contribution is -2.32. The average Bonchev–Trinajstić information content (AvgIpc) is 3.32. The van der Waals surface area contributed by atoms with Gasteiger partial charge in [0.2, 0.25) is 0 Å². The molecule has 1 atom stereocenters. The number of hydrogen-bond donors (Lipinski definition) is 2. The summed E-state index contributed by atoms with van der Waals surface area (Å²) < 4.78 is 0. The molecule has 1 unspecified atom stereocenters. The minimum Gasteiger partial charge on any atom is -0.506 e. The standard InChI is InChI=1S/C20H17Cl2NO5/c1-20(9-4-2-3-5-9)7-8-6-10(13(21)14(22)11(8)17(20)26)15(24)12-16(25)19(28)23-18(12)27/h6,9,24H,2-5,7H2,1H3,(H,23,27,28). The number of Topliss-reactive ketones (excluding diaryl/α,β-unsaturated/α-hetero) is 2. The number of ketones is 2. The maximum atomic E-state index is 13.2. The SMILES string of the molecule is CC1(C2CCCC2)Cc2cc(C(O)=C3C(=O)NC(=O)C3=O)c(Cl)c(Cl)c2C1=O. The molecule has 2 N–H and O–H groups in total. The summed E-state index contributed by atoms with van der Waals surface area (Å²) in [6, 6.07) is 1.49. The molecule has 1 aromatic carbocycles. The Morgan fingerprint density at radius 3 is 2.32 bits per heavy atom. The van der Waals surface area contributed by atoms with Crippen LogP contribution in [0.2, 0.25) is 10.0 Å². The predicted molar refractivity (Wildman–Crippen MR) is 102 cm³/mol. The van der Waals surface area contributed by atoms with Gasteiger partial charge in [0.15, 0.2) is 5.78 Å². The molecule has 0 bridgehead atoms. The van der Waals surface area contributed by atoms with Crippen molar-refractivity contribution in [3.63, 3.8) is 0 Å². The Kier molecular flexibility index (Phi) is 4.39. The first-order valence-corrected chi connectivity index (χ1v) is 9.81. The molecule has 2 amide bonds. The van der Waals surface area contributed by atoms with Crippen molar-refractivity contribution in [2.75, 3.05) is 0 Å². The van der Waals surface area contributed by atoms with Crippen molar-refractivity contribution in [3.05, 3.63) is 38.4 Å². The molecule has 1 heterocycles. The van der Waals surface area contributed by atoms with Crippen LogP contribution in [-0.4, -0.2) is 28.5 Å². The number of benzene rings is 1. The number of carbonyl (C=O) groups is 4. The summed E-state index contributed by atoms with van der Waals surface area (Å²) in [6.07, 6.45) is 4.56. The maximum Gasteiger partial charge on any atom is 0.299 e. The number of aliphatic hydroxyl groups is 1. The summed E-state index contributed by atoms with van der Waals surface area (Å²) in [5, 5.41) is 12.2. The van der Waals surface area contributed by atoms with Gasteiger partial charge >= 0.3 is 0 Å². The van der Waals surface area contributed by atoms with E-state index in [0.717, 1.165) is 25.7 Å². The monoisotopic (exact) mass is 421 g/mol. The normalized spacial score (nSPS) is 26.8. The Morgan fingerprint density at radius 1 is 1.11 bits per heavy atom. The number of nitrogens with one attached hydrogen (secondary N) is 1. The fraction of sp³-hybridized carbons (Fsp3) is 0.400. The van der Waals surface area contributed by atoms with Crippen LogP contribution in [0.25, 0.3) is 5.76 Å². The van der Waals surface area contributed by atoms with Crippen LogP contribution in [-0.2, 0) is 20.8 Å². The number of hydrogen-bond acceptors (Lipinski definition) is 5. The zero-order valence-electron chi connectivity index (χ0n) is 15.0. The minimum absolute atomic E-state index is 0.00906. The number of imide groups is 1. The topological polar surface area (TPSA) is 101 Å². The molecule has 0 spiro atoms. The van der Waals surface area contributed by atoms with Crippen LogP contribution >= 0.6 is 23.2 Å². The summed E-state index contributed by atoms with van der Waals surface area (Å²) in [5.41, 5.74) is -0.356. The zero-order valence-corrected chi connectivity index (χ0v) is 16.5. The predicted octanol–water partition coefficient (Wildman–Crippen LogP) is 3.42. The highest BCUT2D eigenvalue weighted by Crippen LogP contribution is 2.51. The van der Waals surface area contributed by atoms with Gasteiger partial charge in [0, 0.05) is 16.5 Å². The average molecular weight is 422 g/mol. The third kappa shape index (κ3) is 2.54. The van der Waals surface area contributed by atoms with Crippen molar-refractivity contribution in [2.45, 2.75) is 39.0 Å². The Morgan fingerprint density at radius 2 is 1.75 bits per heavy atom. The van der Waals surface area contributed by atoms with Gasteiger partial charge in [0.05, 0.1) is 10.0 Å². The second kappa shape index (κ2) is 6.42. The molecule has 3 aliphatic rings. The van der Waals surface area contributed by atoms with E-state index in [9.17, 15) is 24.3 Å². The second-order valence-corrected chi connectivity index (χ2v) is 8.58. The molecule has 4 rings (SSSR count). The van der Waals surface area contributed by atoms with Gasteiger partial charge < -0.3 is 5.11 Å². The number of amides is 2. The van der Waals surface area contributed by atoms with Gasteiger partial charge in [-0.1, -0.05) is 43.0 Å². The molecule has 8 heteroatoms. The van der Waals surface area contributed by atoms with E-state index < -0.39 is 34.3 Å². The molecule has 28 heavy (non-hydrogen) atoms. The van der Waals surface area contributed by atoms with Gasteiger partial charge in [-0.25, -0.2) is 0 Å². The molecule has 1 saturated heterocycles. The molecule has 2 fully saturated rings. The van der Waals surface area contributed by atoms with Crippen molar-refractivity contribution in [2.24, 2.45) is 11.3 Å². The van der Waals surface area contributed by atoms with Crippen molar-refractivity contribution in [1.29, 1.82) is 0 Å². The van der Waals surface area contributed by atoms with E-state index in [1.54, 1.807) is 0 Å². The lowest BCUT2D eigenvalue weighted by Gasteiger charge is -2.29. The molecule has 1 saturated carbocycles. The summed E-state index contributed by atoms with van der Waals surface area (Å²) in [5.74, 6) is -3.78. The smallest absolute Gasteiger partial charge is 0.299 e. The Bertz CT molecular complexity index is 1010. The Labute approximate surface area is 170 Å². The van der Waals surface area contributed by atoms with E-state index in [-0.39, 0.29) is 27.3 Å². The van der Waals surface area contributed by atoms with Crippen molar-refractivity contribution < 1.29 is 24.3 Å². The largest absolute Gasteiger partial charge is 0.506 e. The number of carbonyl (C=O) groups excluding carboxylic acids is 4. The molecule has 146 valence electrons. The van der Waals surface area contributed by atoms with Crippen molar-refractivity contribution in [3.8, 4) is 0 Å². The molecule has 2 aliphatic carbocycles. The van der Waals surface area contributed by atoms with Crippen LogP contribution < -0.4 is 5.32 Å². The van der Waals surface area contributed by atoms with Gasteiger partial charge in [-0.2, -0.15) is 0 Å². The third-order valence-corrected chi connectivity index (χ3v) is 7.09. The van der Waals surface area contributed by atoms with Gasteiger partial charge in [-0.3, -0.25) is 24.5 Å². The zero-order chi connectivity index (χ0) is 20.4.